The number of hydrogen-bond donors (Lipinski definition) is 0. The maximum absolute atomic E-state index is 7.37. The summed E-state index contributed by atoms with van der Waals surface area (Å²) >= 11 is 0. The minimum atomic E-state index is -0.678. The Labute approximate surface area is 631 Å². The maximum Gasteiger partial charge on any atom is 0.164 e. The first kappa shape index (κ1) is 62.3. The third-order valence-corrected chi connectivity index (χ3v) is 23.4. The van der Waals surface area contributed by atoms with Gasteiger partial charge in [0.2, 0.25) is 0 Å². The van der Waals surface area contributed by atoms with Crippen molar-refractivity contribution in [3.63, 3.8) is 0 Å². The van der Waals surface area contributed by atoms with Crippen molar-refractivity contribution < 1.29 is 9.47 Å². The molecule has 2 aliphatic heterocycles. The van der Waals surface area contributed by atoms with Crippen LogP contribution in [0.4, 0.5) is 0 Å². The molecule has 109 heavy (non-hydrogen) atoms. The second-order valence-corrected chi connectivity index (χ2v) is 29.5. The van der Waals surface area contributed by atoms with Crippen LogP contribution in [0.1, 0.15) is 69.5 Å². The van der Waals surface area contributed by atoms with E-state index in [-0.39, 0.29) is 5.41 Å². The molecular weight excluding hydrogens is 1330 g/mol. The lowest BCUT2D eigenvalue weighted by atomic mass is 9.65. The van der Waals surface area contributed by atoms with Crippen LogP contribution in [0.3, 0.4) is 0 Å². The SMILES string of the molecule is CC1(C)c2ccccc2-c2ccc(-c3nc(-c4ccc(-c5ccc6c(c5)Oc5ccccc5C65c6ccccc6-c6ccccc65)cc4)nc(-c4ccc(-c5ccc6c(c5)Oc5cc(-c7cccc(-c8nc(-c9ccccc9)nc(-c9ccccc9)n8)c7)ccc5C65c6ccccc6-c6ccccc65)cc4)n3)cc21. The molecule has 0 unspecified atom stereocenters. The van der Waals surface area contributed by atoms with E-state index < -0.39 is 10.8 Å². The van der Waals surface area contributed by atoms with E-state index in [1.807, 2.05) is 60.7 Å². The first-order valence-corrected chi connectivity index (χ1v) is 37.2. The maximum atomic E-state index is 7.37. The van der Waals surface area contributed by atoms with Crippen LogP contribution in [0, 0.1) is 0 Å². The molecule has 2 aromatic heterocycles. The molecule has 4 heterocycles. The highest BCUT2D eigenvalue weighted by atomic mass is 16.5. The van der Waals surface area contributed by atoms with E-state index in [2.05, 4.69) is 305 Å². The monoisotopic (exact) mass is 1390 g/mol. The Morgan fingerprint density at radius 3 is 0.881 bits per heavy atom. The molecule has 8 nitrogen and oxygen atoms in total. The van der Waals surface area contributed by atoms with Crippen molar-refractivity contribution in [2.24, 2.45) is 0 Å². The first-order chi connectivity index (χ1) is 53.7. The lowest BCUT2D eigenvalue weighted by molar-refractivity contribution is 0.436. The zero-order valence-corrected chi connectivity index (χ0v) is 59.5. The molecule has 0 N–H and O–H groups in total. The highest BCUT2D eigenvalue weighted by molar-refractivity contribution is 5.92. The Hall–Kier alpha value is -14.1. The highest BCUT2D eigenvalue weighted by Crippen LogP contribution is 2.65. The molecule has 0 bridgehead atoms. The molecule has 0 saturated heterocycles. The number of benzene rings is 15. The van der Waals surface area contributed by atoms with Gasteiger partial charge in [0.1, 0.15) is 23.0 Å². The summed E-state index contributed by atoms with van der Waals surface area (Å²) in [6.07, 6.45) is 0. The molecule has 0 amide bonds. The predicted molar refractivity (Wildman–Crippen MR) is 434 cm³/mol. The van der Waals surface area contributed by atoms with Crippen molar-refractivity contribution in [2.45, 2.75) is 30.1 Å². The van der Waals surface area contributed by atoms with Crippen molar-refractivity contribution >= 4 is 0 Å². The third-order valence-electron chi connectivity index (χ3n) is 23.4. The van der Waals surface area contributed by atoms with Crippen molar-refractivity contribution in [3.8, 4) is 158 Å². The number of aromatic nitrogens is 6. The normalized spacial score (nSPS) is 14.0. The summed E-state index contributed by atoms with van der Waals surface area (Å²) in [6, 6.07) is 126. The number of nitrogens with zero attached hydrogens (tertiary/aromatic N) is 6. The zero-order valence-electron chi connectivity index (χ0n) is 59.5. The van der Waals surface area contributed by atoms with Gasteiger partial charge in [-0.25, -0.2) is 29.9 Å². The fourth-order valence-electron chi connectivity index (χ4n) is 18.3. The van der Waals surface area contributed by atoms with Crippen LogP contribution in [-0.2, 0) is 16.2 Å². The van der Waals surface area contributed by atoms with Crippen molar-refractivity contribution in [3.05, 3.63) is 407 Å². The predicted octanol–water partition coefficient (Wildman–Crippen LogP) is 24.3. The van der Waals surface area contributed by atoms with Gasteiger partial charge >= 0.3 is 0 Å². The first-order valence-electron chi connectivity index (χ1n) is 37.2. The molecule has 0 fully saturated rings. The molecule has 22 rings (SSSR count). The summed E-state index contributed by atoms with van der Waals surface area (Å²) in [6.45, 7) is 4.62. The molecule has 8 heteroatoms. The number of ether oxygens (including phenoxy) is 2. The van der Waals surface area contributed by atoms with E-state index >= 15 is 0 Å². The van der Waals surface area contributed by atoms with Crippen LogP contribution >= 0.6 is 0 Å². The summed E-state index contributed by atoms with van der Waals surface area (Å²) in [5.74, 6) is 6.85. The summed E-state index contributed by atoms with van der Waals surface area (Å²) in [5, 5.41) is 0. The highest BCUT2D eigenvalue weighted by Gasteiger charge is 2.53. The van der Waals surface area contributed by atoms with Crippen LogP contribution < -0.4 is 9.47 Å². The second kappa shape index (κ2) is 24.0. The molecular formula is C101H64N6O2. The Bertz CT molecular complexity index is 6500. The standard InChI is InChI=1S/C101H64N6O2/c1-99(2)79-33-14-9-28-73(79)78-52-48-72(57-88(78)99)98-106-95(65-44-40-61(41-45-65)68-49-53-85-90(58-68)108-89-39-20-19-38-84(89)100(85)80-34-15-10-29-74(80)75-30-11-16-35-81(75)100)103-96(107-98)66-46-42-62(43-47-66)69-50-54-86-91(59-69)109-92-60-70(51-55-87(92)101(86)82-36-17-12-31-76(82)77-32-13-18-37-83(77)101)67-26-21-27-71(56-67)97-104-93(63-22-5-3-6-23-63)102-94(105-97)64-24-7-4-8-25-64/h3-60H,1-2H3. The van der Waals surface area contributed by atoms with E-state index in [0.29, 0.717) is 34.9 Å². The van der Waals surface area contributed by atoms with Crippen molar-refractivity contribution in [1.29, 1.82) is 0 Å². The molecule has 0 atom stereocenters. The molecule has 5 aliphatic rings. The minimum absolute atomic E-state index is 0.224. The van der Waals surface area contributed by atoms with Gasteiger partial charge in [0.15, 0.2) is 34.9 Å². The molecule has 3 aliphatic carbocycles. The van der Waals surface area contributed by atoms with E-state index in [0.717, 1.165) is 112 Å². The second-order valence-electron chi connectivity index (χ2n) is 29.5. The molecule has 15 aromatic carbocycles. The van der Waals surface area contributed by atoms with Crippen LogP contribution in [0.25, 0.3) is 135 Å². The average Bonchev–Trinajstić information content (AvgIpc) is 1.41. The van der Waals surface area contributed by atoms with Crippen LogP contribution in [0.5, 0.6) is 23.0 Å². The molecule has 17 aromatic rings. The largest absolute Gasteiger partial charge is 0.457 e. The Morgan fingerprint density at radius 2 is 0.440 bits per heavy atom. The Balaban J connectivity index is 0.627. The fraction of sp³-hybridized carbons (Fsp3) is 0.0495. The van der Waals surface area contributed by atoms with Crippen molar-refractivity contribution in [1.82, 2.24) is 29.9 Å². The van der Waals surface area contributed by atoms with Gasteiger partial charge in [0.25, 0.3) is 0 Å². The minimum Gasteiger partial charge on any atom is -0.457 e. The lowest BCUT2D eigenvalue weighted by Gasteiger charge is -2.39. The third kappa shape index (κ3) is 9.44. The van der Waals surface area contributed by atoms with Crippen LogP contribution in [0.2, 0.25) is 0 Å². The number of hydrogen-bond acceptors (Lipinski definition) is 8. The van der Waals surface area contributed by atoms with E-state index in [1.165, 1.54) is 66.8 Å². The summed E-state index contributed by atoms with van der Waals surface area (Å²) in [5.41, 5.74) is 29.5. The van der Waals surface area contributed by atoms with Gasteiger partial charge < -0.3 is 9.47 Å². The summed E-state index contributed by atoms with van der Waals surface area (Å²) < 4.78 is 14.3. The van der Waals surface area contributed by atoms with Crippen LogP contribution in [-0.4, -0.2) is 29.9 Å². The topological polar surface area (TPSA) is 95.8 Å². The summed E-state index contributed by atoms with van der Waals surface area (Å²) in [7, 11) is 0. The summed E-state index contributed by atoms with van der Waals surface area (Å²) in [4.78, 5) is 31.3. The molecule has 2 spiro atoms. The smallest absolute Gasteiger partial charge is 0.164 e. The Kier molecular flexibility index (Phi) is 13.7. The number of para-hydroxylation sites is 1. The van der Waals surface area contributed by atoms with Gasteiger partial charge in [-0.15, -0.1) is 0 Å². The van der Waals surface area contributed by atoms with Crippen molar-refractivity contribution in [2.75, 3.05) is 0 Å². The van der Waals surface area contributed by atoms with E-state index in [9.17, 15) is 0 Å². The van der Waals surface area contributed by atoms with Gasteiger partial charge in [-0.2, -0.15) is 0 Å². The quantitative estimate of drug-likeness (QED) is 0.141. The Morgan fingerprint density at radius 1 is 0.174 bits per heavy atom. The fourth-order valence-corrected chi connectivity index (χ4v) is 18.3. The van der Waals surface area contributed by atoms with Gasteiger partial charge in [-0.3, -0.25) is 0 Å². The van der Waals surface area contributed by atoms with Gasteiger partial charge in [-0.1, -0.05) is 329 Å². The van der Waals surface area contributed by atoms with E-state index in [4.69, 9.17) is 39.4 Å². The molecule has 510 valence electrons. The average molecular weight is 1390 g/mol. The van der Waals surface area contributed by atoms with Gasteiger partial charge in [0.05, 0.1) is 10.8 Å². The molecule has 0 saturated carbocycles. The molecule has 0 radical (unpaired) electrons. The zero-order chi connectivity index (χ0) is 72.1. The number of fused-ring (bicyclic) bond motifs is 21. The number of rotatable bonds is 9. The van der Waals surface area contributed by atoms with Gasteiger partial charge in [-0.05, 0) is 137 Å². The van der Waals surface area contributed by atoms with Gasteiger partial charge in [0, 0.05) is 61.0 Å². The van der Waals surface area contributed by atoms with Crippen LogP contribution in [0.15, 0.2) is 352 Å². The lowest BCUT2D eigenvalue weighted by Crippen LogP contribution is -2.32. The van der Waals surface area contributed by atoms with E-state index in [1.54, 1.807) is 0 Å².